The van der Waals surface area contributed by atoms with Gasteiger partial charge in [0, 0.05) is 46.9 Å². The smallest absolute Gasteiger partial charge is 0.115 e. The molecule has 1 fully saturated rings. The lowest BCUT2D eigenvalue weighted by Gasteiger charge is -2.56. The summed E-state index contributed by atoms with van der Waals surface area (Å²) in [4.78, 5) is 5.91. The molecule has 3 aromatic rings. The van der Waals surface area contributed by atoms with Gasteiger partial charge in [0.25, 0.3) is 0 Å². The van der Waals surface area contributed by atoms with Gasteiger partial charge >= 0.3 is 0 Å². The molecule has 2 heterocycles. The number of piperidine rings is 1. The number of likely N-dealkylation sites (tertiary alicyclic amines) is 1. The van der Waals surface area contributed by atoms with Gasteiger partial charge < -0.3 is 15.2 Å². The molecule has 1 saturated heterocycles. The van der Waals surface area contributed by atoms with Gasteiger partial charge in [0.15, 0.2) is 0 Å². The summed E-state index contributed by atoms with van der Waals surface area (Å²) in [7, 11) is 0. The maximum absolute atomic E-state index is 12.2. The molecule has 29 heavy (non-hydrogen) atoms. The lowest BCUT2D eigenvalue weighted by atomic mass is 9.56. The third-order valence-electron chi connectivity index (χ3n) is 6.94. The van der Waals surface area contributed by atoms with Crippen LogP contribution in [0.3, 0.4) is 0 Å². The largest absolute Gasteiger partial charge is 0.508 e. The van der Waals surface area contributed by atoms with Crippen LogP contribution in [0.15, 0.2) is 59.6 Å². The SMILES string of the molecule is C=CCN1CC[C@@]2(c3cccc(O)c3)Cc3[nH]c4c(Br)cccc4c3C[C@]2(O)C1. The zero-order valence-electron chi connectivity index (χ0n) is 16.3. The van der Waals surface area contributed by atoms with Crippen molar-refractivity contribution in [2.24, 2.45) is 0 Å². The van der Waals surface area contributed by atoms with Crippen LogP contribution in [0.4, 0.5) is 0 Å². The molecule has 4 nitrogen and oxygen atoms in total. The Kier molecular flexibility index (Phi) is 4.39. The molecule has 0 radical (unpaired) electrons. The van der Waals surface area contributed by atoms with Crippen LogP contribution in [0.25, 0.3) is 10.9 Å². The summed E-state index contributed by atoms with van der Waals surface area (Å²) in [6.07, 6.45) is 4.05. The van der Waals surface area contributed by atoms with Crippen molar-refractivity contribution in [2.75, 3.05) is 19.6 Å². The first-order valence-electron chi connectivity index (χ1n) is 10.1. The monoisotopic (exact) mass is 452 g/mol. The number of fused-ring (bicyclic) bond motifs is 4. The summed E-state index contributed by atoms with van der Waals surface area (Å²) in [5, 5.41) is 23.5. The number of phenols is 1. The Morgan fingerprint density at radius 2 is 2.03 bits per heavy atom. The fraction of sp³-hybridized carbons (Fsp3) is 0.333. The number of aliphatic hydroxyl groups is 1. The van der Waals surface area contributed by atoms with E-state index < -0.39 is 11.0 Å². The van der Waals surface area contributed by atoms with E-state index in [0.717, 1.165) is 41.5 Å². The number of rotatable bonds is 3. The number of para-hydroxylation sites is 1. The minimum atomic E-state index is -0.924. The van der Waals surface area contributed by atoms with Gasteiger partial charge in [-0.1, -0.05) is 30.3 Å². The van der Waals surface area contributed by atoms with Gasteiger partial charge in [0.2, 0.25) is 0 Å². The van der Waals surface area contributed by atoms with E-state index in [1.165, 1.54) is 16.6 Å². The molecule has 3 N–H and O–H groups in total. The van der Waals surface area contributed by atoms with Gasteiger partial charge in [-0.2, -0.15) is 0 Å². The quantitative estimate of drug-likeness (QED) is 0.519. The van der Waals surface area contributed by atoms with Crippen molar-refractivity contribution in [1.29, 1.82) is 0 Å². The van der Waals surface area contributed by atoms with Crippen LogP contribution in [0.1, 0.15) is 23.2 Å². The van der Waals surface area contributed by atoms with E-state index in [4.69, 9.17) is 0 Å². The predicted octanol–water partition coefficient (Wildman–Crippen LogP) is 4.30. The summed E-state index contributed by atoms with van der Waals surface area (Å²) in [6.45, 7) is 6.13. The number of H-pyrrole nitrogens is 1. The standard InChI is InChI=1S/C24H25BrN2O2/c1-2-10-27-11-9-23(16-5-3-6-17(28)12-16)14-21-19(13-24(23,29)15-27)18-7-4-8-20(25)22(18)26-21/h2-8,12,26,28-29H,1,9-11,13-15H2/t23-,24-/m0/s1. The van der Waals surface area contributed by atoms with Crippen LogP contribution >= 0.6 is 15.9 Å². The third-order valence-corrected chi connectivity index (χ3v) is 7.60. The predicted molar refractivity (Wildman–Crippen MR) is 119 cm³/mol. The Morgan fingerprint density at radius 1 is 1.21 bits per heavy atom. The van der Waals surface area contributed by atoms with Crippen molar-refractivity contribution in [3.05, 3.63) is 76.4 Å². The molecule has 2 atom stereocenters. The van der Waals surface area contributed by atoms with E-state index in [-0.39, 0.29) is 5.75 Å². The highest BCUT2D eigenvalue weighted by Crippen LogP contribution is 2.52. The molecule has 0 spiro atoms. The Hall–Kier alpha value is -2.08. The lowest BCUT2D eigenvalue weighted by Crippen LogP contribution is -2.66. The summed E-state index contributed by atoms with van der Waals surface area (Å²) in [5.41, 5.74) is 3.14. The number of aromatic amines is 1. The summed E-state index contributed by atoms with van der Waals surface area (Å²) in [6, 6.07) is 13.7. The zero-order chi connectivity index (χ0) is 20.2. The highest BCUT2D eigenvalue weighted by atomic mass is 79.9. The zero-order valence-corrected chi connectivity index (χ0v) is 17.9. The fourth-order valence-corrected chi connectivity index (χ4v) is 6.02. The van der Waals surface area contributed by atoms with Gasteiger partial charge in [-0.15, -0.1) is 6.58 Å². The van der Waals surface area contributed by atoms with Crippen LogP contribution in [0.2, 0.25) is 0 Å². The Bertz CT molecular complexity index is 1110. The Labute approximate surface area is 179 Å². The molecule has 5 rings (SSSR count). The van der Waals surface area contributed by atoms with Crippen LogP contribution in [0, 0.1) is 0 Å². The number of β-amino-alcohol motifs (C(OH)–C–C–N with tert-alkyl or cyclic N) is 1. The molecular weight excluding hydrogens is 428 g/mol. The second-order valence-corrected chi connectivity index (χ2v) is 9.39. The Morgan fingerprint density at radius 3 is 2.83 bits per heavy atom. The first-order valence-corrected chi connectivity index (χ1v) is 10.9. The molecule has 1 aliphatic carbocycles. The molecule has 0 bridgehead atoms. The van der Waals surface area contributed by atoms with E-state index in [0.29, 0.717) is 13.0 Å². The maximum Gasteiger partial charge on any atom is 0.115 e. The van der Waals surface area contributed by atoms with Gasteiger partial charge in [0.1, 0.15) is 5.75 Å². The average molecular weight is 453 g/mol. The number of halogens is 1. The number of phenolic OH excluding ortho intramolecular Hbond substituents is 1. The van der Waals surface area contributed by atoms with Crippen molar-refractivity contribution >= 4 is 26.8 Å². The number of nitrogens with one attached hydrogen (secondary N) is 1. The van der Waals surface area contributed by atoms with Gasteiger partial charge in [-0.3, -0.25) is 4.90 Å². The normalized spacial score (nSPS) is 26.8. The molecule has 0 saturated carbocycles. The fourth-order valence-electron chi connectivity index (χ4n) is 5.56. The Balaban J connectivity index is 1.70. The van der Waals surface area contributed by atoms with Crippen molar-refractivity contribution in [3.8, 4) is 5.75 Å². The van der Waals surface area contributed by atoms with Gasteiger partial charge in [-0.05, 0) is 58.2 Å². The molecule has 1 aliphatic heterocycles. The van der Waals surface area contributed by atoms with E-state index in [9.17, 15) is 10.2 Å². The van der Waals surface area contributed by atoms with Crippen LogP contribution < -0.4 is 0 Å². The summed E-state index contributed by atoms with van der Waals surface area (Å²) in [5.74, 6) is 0.248. The number of hydrogen-bond acceptors (Lipinski definition) is 3. The minimum absolute atomic E-state index is 0.248. The molecule has 2 aromatic carbocycles. The van der Waals surface area contributed by atoms with Crippen LogP contribution in [-0.2, 0) is 18.3 Å². The highest BCUT2D eigenvalue weighted by molar-refractivity contribution is 9.10. The summed E-state index contributed by atoms with van der Waals surface area (Å²) < 4.78 is 1.04. The summed E-state index contributed by atoms with van der Waals surface area (Å²) >= 11 is 3.67. The van der Waals surface area contributed by atoms with Crippen molar-refractivity contribution in [3.63, 3.8) is 0 Å². The van der Waals surface area contributed by atoms with Gasteiger partial charge in [0.05, 0.1) is 11.1 Å². The first kappa shape index (κ1) is 18.9. The second kappa shape index (κ2) is 6.73. The van der Waals surface area contributed by atoms with Crippen molar-refractivity contribution < 1.29 is 10.2 Å². The highest BCUT2D eigenvalue weighted by Gasteiger charge is 2.57. The van der Waals surface area contributed by atoms with Crippen molar-refractivity contribution in [2.45, 2.75) is 30.3 Å². The van der Waals surface area contributed by atoms with Crippen LogP contribution in [-0.4, -0.2) is 45.3 Å². The van der Waals surface area contributed by atoms with E-state index in [1.807, 2.05) is 30.3 Å². The molecule has 150 valence electrons. The third kappa shape index (κ3) is 2.79. The number of hydrogen-bond donors (Lipinski definition) is 3. The minimum Gasteiger partial charge on any atom is -0.508 e. The molecule has 0 unspecified atom stereocenters. The van der Waals surface area contributed by atoms with Gasteiger partial charge in [-0.25, -0.2) is 0 Å². The number of aromatic nitrogens is 1. The van der Waals surface area contributed by atoms with E-state index in [2.05, 4.69) is 44.5 Å². The van der Waals surface area contributed by atoms with E-state index >= 15 is 0 Å². The maximum atomic E-state index is 12.2. The molecule has 5 heteroatoms. The average Bonchev–Trinajstić information content (AvgIpc) is 3.04. The molecule has 1 aromatic heterocycles. The molecular formula is C24H25BrN2O2. The lowest BCUT2D eigenvalue weighted by molar-refractivity contribution is -0.100. The number of nitrogens with zero attached hydrogens (tertiary/aromatic N) is 1. The molecule has 0 amide bonds. The van der Waals surface area contributed by atoms with Crippen LogP contribution in [0.5, 0.6) is 5.75 Å². The first-order chi connectivity index (χ1) is 14.0. The number of benzene rings is 2. The van der Waals surface area contributed by atoms with E-state index in [1.54, 1.807) is 6.07 Å². The topological polar surface area (TPSA) is 59.5 Å². The van der Waals surface area contributed by atoms with Crippen molar-refractivity contribution in [1.82, 2.24) is 9.88 Å². The molecule has 2 aliphatic rings. The number of aromatic hydroxyl groups is 1. The second-order valence-electron chi connectivity index (χ2n) is 8.54.